The van der Waals surface area contributed by atoms with Crippen molar-refractivity contribution in [2.75, 3.05) is 0 Å². The predicted octanol–water partition coefficient (Wildman–Crippen LogP) is 7.27. The van der Waals surface area contributed by atoms with E-state index < -0.39 is 0 Å². The second-order valence-corrected chi connectivity index (χ2v) is 17.6. The number of hydrogen-bond acceptors (Lipinski definition) is 4. The van der Waals surface area contributed by atoms with E-state index in [2.05, 4.69) is 79.7 Å². The lowest BCUT2D eigenvalue weighted by molar-refractivity contribution is 0.00578. The van der Waals surface area contributed by atoms with Gasteiger partial charge in [0.15, 0.2) is 0 Å². The predicted molar refractivity (Wildman–Crippen MR) is 180 cm³/mol. The van der Waals surface area contributed by atoms with Gasteiger partial charge in [-0.2, -0.15) is 0 Å². The Morgan fingerprint density at radius 2 is 0.727 bits per heavy atom. The number of benzene rings is 2. The molecule has 8 rings (SSSR count). The third-order valence-corrected chi connectivity index (χ3v) is 13.8. The lowest BCUT2D eigenvalue weighted by atomic mass is 9.72. The van der Waals surface area contributed by atoms with Gasteiger partial charge in [-0.3, -0.25) is 0 Å². The largest absolute Gasteiger partial charge is 0.495 e. The summed E-state index contributed by atoms with van der Waals surface area (Å²) in [6.07, 6.45) is 15.5. The zero-order chi connectivity index (χ0) is 30.9. The van der Waals surface area contributed by atoms with Gasteiger partial charge in [0.2, 0.25) is 0 Å². The zero-order valence-electron chi connectivity index (χ0n) is 28.6. The van der Waals surface area contributed by atoms with Crippen LogP contribution in [0.5, 0.6) is 0 Å². The first-order valence-electron chi connectivity index (χ1n) is 17.7. The molecular formula is C38H52B2O4. The van der Waals surface area contributed by atoms with Crippen LogP contribution >= 0.6 is 0 Å². The molecule has 0 atom stereocenters. The van der Waals surface area contributed by atoms with E-state index in [-0.39, 0.29) is 36.6 Å². The van der Waals surface area contributed by atoms with Gasteiger partial charge in [-0.05, 0) is 162 Å². The Labute approximate surface area is 266 Å². The third-order valence-electron chi connectivity index (χ3n) is 13.8. The Hall–Kier alpha value is -1.59. The summed E-state index contributed by atoms with van der Waals surface area (Å²) in [7, 11) is -0.616. The molecule has 2 heterocycles. The van der Waals surface area contributed by atoms with E-state index in [0.717, 1.165) is 12.8 Å². The molecule has 0 radical (unpaired) electrons. The van der Waals surface area contributed by atoms with Crippen LogP contribution in [0.25, 0.3) is 11.1 Å². The summed E-state index contributed by atoms with van der Waals surface area (Å²) in [4.78, 5) is 0. The summed E-state index contributed by atoms with van der Waals surface area (Å²) >= 11 is 0. The summed E-state index contributed by atoms with van der Waals surface area (Å²) in [5, 5.41) is 0. The molecule has 0 N–H and O–H groups in total. The van der Waals surface area contributed by atoms with Crippen molar-refractivity contribution in [2.24, 2.45) is 10.8 Å². The van der Waals surface area contributed by atoms with Crippen LogP contribution in [0.4, 0.5) is 0 Å². The first-order valence-corrected chi connectivity index (χ1v) is 17.7. The molecule has 2 aromatic carbocycles. The maximum absolute atomic E-state index is 6.67. The van der Waals surface area contributed by atoms with E-state index in [1.54, 1.807) is 11.1 Å². The van der Waals surface area contributed by atoms with Crippen molar-refractivity contribution >= 4 is 25.2 Å². The minimum atomic E-state index is -0.341. The number of rotatable bonds is 3. The monoisotopic (exact) mass is 594 g/mol. The molecule has 6 heteroatoms. The zero-order valence-corrected chi connectivity index (χ0v) is 28.6. The van der Waals surface area contributed by atoms with Gasteiger partial charge < -0.3 is 18.6 Å². The van der Waals surface area contributed by atoms with Gasteiger partial charge in [0.05, 0.1) is 22.4 Å². The molecule has 2 saturated heterocycles. The highest BCUT2D eigenvalue weighted by molar-refractivity contribution is 6.63. The van der Waals surface area contributed by atoms with E-state index >= 15 is 0 Å². The van der Waals surface area contributed by atoms with Gasteiger partial charge in [0.25, 0.3) is 0 Å². The minimum Gasteiger partial charge on any atom is -0.399 e. The van der Waals surface area contributed by atoms with Crippen LogP contribution in [-0.4, -0.2) is 36.6 Å². The summed E-state index contributed by atoms with van der Waals surface area (Å²) in [6.45, 7) is 17.4. The third kappa shape index (κ3) is 4.33. The van der Waals surface area contributed by atoms with Gasteiger partial charge in [0, 0.05) is 0 Å². The Morgan fingerprint density at radius 3 is 1.05 bits per heavy atom. The van der Waals surface area contributed by atoms with Gasteiger partial charge in [-0.1, -0.05) is 49.9 Å². The van der Waals surface area contributed by atoms with Gasteiger partial charge in [-0.25, -0.2) is 0 Å². The topological polar surface area (TPSA) is 36.9 Å². The average Bonchev–Trinajstić information content (AvgIpc) is 3.77. The molecule has 0 amide bonds. The molecule has 2 aliphatic heterocycles. The molecule has 0 bridgehead atoms. The fourth-order valence-corrected chi connectivity index (χ4v) is 9.71. The van der Waals surface area contributed by atoms with E-state index in [0.29, 0.717) is 10.8 Å². The van der Waals surface area contributed by atoms with Crippen molar-refractivity contribution in [3.05, 3.63) is 46.5 Å². The van der Waals surface area contributed by atoms with Crippen LogP contribution in [-0.2, 0) is 44.3 Å². The highest BCUT2D eigenvalue weighted by Gasteiger charge is 2.55. The molecule has 2 saturated carbocycles. The van der Waals surface area contributed by atoms with Crippen LogP contribution in [0.2, 0.25) is 0 Å². The maximum Gasteiger partial charge on any atom is 0.495 e. The van der Waals surface area contributed by atoms with Crippen LogP contribution in [0.3, 0.4) is 0 Å². The van der Waals surface area contributed by atoms with Crippen LogP contribution in [0, 0.1) is 10.8 Å². The average molecular weight is 594 g/mol. The molecule has 4 nitrogen and oxygen atoms in total. The molecular weight excluding hydrogens is 542 g/mol. The smallest absolute Gasteiger partial charge is 0.399 e. The van der Waals surface area contributed by atoms with Crippen LogP contribution in [0.1, 0.15) is 129 Å². The molecule has 44 heavy (non-hydrogen) atoms. The van der Waals surface area contributed by atoms with Crippen molar-refractivity contribution in [1.82, 2.24) is 0 Å². The summed E-state index contributed by atoms with van der Waals surface area (Å²) in [5.41, 5.74) is 11.0. The van der Waals surface area contributed by atoms with Crippen molar-refractivity contribution in [3.63, 3.8) is 0 Å². The SMILES string of the molecule is CC1(C)OB(c2ccc(-c3ccc(B4OC(C)(C)C(C)(C)O4)c4c3CC3(CCCC3)C4)c3c2CC2(CCCC2)C3)OC1(C)C. The highest BCUT2D eigenvalue weighted by Crippen LogP contribution is 2.54. The molecule has 4 fully saturated rings. The maximum atomic E-state index is 6.67. The number of hydrogen-bond donors (Lipinski definition) is 0. The molecule has 0 aromatic heterocycles. The van der Waals surface area contributed by atoms with E-state index in [1.165, 1.54) is 97.4 Å². The fourth-order valence-electron chi connectivity index (χ4n) is 9.71. The lowest BCUT2D eigenvalue weighted by Gasteiger charge is -2.32. The Bertz CT molecular complexity index is 1360. The first kappa shape index (κ1) is 29.8. The molecule has 2 spiro atoms. The van der Waals surface area contributed by atoms with E-state index in [1.807, 2.05) is 0 Å². The summed E-state index contributed by atoms with van der Waals surface area (Å²) < 4.78 is 26.7. The van der Waals surface area contributed by atoms with Crippen LogP contribution < -0.4 is 10.9 Å². The van der Waals surface area contributed by atoms with E-state index in [4.69, 9.17) is 18.6 Å². The van der Waals surface area contributed by atoms with Crippen molar-refractivity contribution in [3.8, 4) is 11.1 Å². The van der Waals surface area contributed by atoms with Gasteiger partial charge >= 0.3 is 14.2 Å². The normalized spacial score (nSPS) is 28.0. The van der Waals surface area contributed by atoms with Crippen molar-refractivity contribution in [1.29, 1.82) is 0 Å². The fraction of sp³-hybridized carbons (Fsp3) is 0.684. The molecule has 0 unspecified atom stereocenters. The second-order valence-electron chi connectivity index (χ2n) is 17.6. The lowest BCUT2D eigenvalue weighted by Crippen LogP contribution is -2.41. The number of fused-ring (bicyclic) bond motifs is 2. The van der Waals surface area contributed by atoms with E-state index in [9.17, 15) is 0 Å². The van der Waals surface area contributed by atoms with Gasteiger partial charge in [0.1, 0.15) is 0 Å². The van der Waals surface area contributed by atoms with Crippen molar-refractivity contribution < 1.29 is 18.6 Å². The highest BCUT2D eigenvalue weighted by atomic mass is 16.7. The minimum absolute atomic E-state index is 0.308. The van der Waals surface area contributed by atoms with Gasteiger partial charge in [-0.15, -0.1) is 0 Å². The first-order chi connectivity index (χ1) is 20.6. The second kappa shape index (κ2) is 9.49. The quantitative estimate of drug-likeness (QED) is 0.351. The molecule has 2 aromatic rings. The molecule has 6 aliphatic rings. The molecule has 4 aliphatic carbocycles. The van der Waals surface area contributed by atoms with Crippen LogP contribution in [0.15, 0.2) is 24.3 Å². The standard InChI is InChI=1S/C38H52B2O4/c1-33(2)34(3,4)42-39(41-33)31-15-13-25(27-21-37(23-29(27)31)17-9-10-18-37)26-14-16-32(40-43-35(5,6)36(7,8)44-40)30-24-38(22-28(26)30)19-11-12-20-38/h13-16H,9-12,17-24H2,1-8H3. The Morgan fingerprint density at radius 1 is 0.432 bits per heavy atom. The van der Waals surface area contributed by atoms with Crippen molar-refractivity contribution in [2.45, 2.75) is 155 Å². The Kier molecular flexibility index (Phi) is 6.43. The summed E-state index contributed by atoms with van der Waals surface area (Å²) in [6, 6.07) is 9.58. The summed E-state index contributed by atoms with van der Waals surface area (Å²) in [5.74, 6) is 0. The Balaban J connectivity index is 1.25. The molecule has 234 valence electrons.